The van der Waals surface area contributed by atoms with Crippen LogP contribution in [0.15, 0.2) is 41.8 Å². The third kappa shape index (κ3) is 4.35. The molecule has 0 fully saturated rings. The molecule has 2 heterocycles. The van der Waals surface area contributed by atoms with Crippen LogP contribution in [0, 0.1) is 24.0 Å². The summed E-state index contributed by atoms with van der Waals surface area (Å²) in [5, 5.41) is 12.9. The molecule has 0 aliphatic rings. The van der Waals surface area contributed by atoms with Crippen molar-refractivity contribution in [2.24, 2.45) is 0 Å². The third-order valence-electron chi connectivity index (χ3n) is 4.57. The van der Waals surface area contributed by atoms with Crippen molar-refractivity contribution in [3.8, 4) is 0 Å². The lowest BCUT2D eigenvalue weighted by Gasteiger charge is -2.08. The van der Waals surface area contributed by atoms with Gasteiger partial charge in [-0.05, 0) is 43.5 Å². The van der Waals surface area contributed by atoms with Gasteiger partial charge in [0.1, 0.15) is 5.69 Å². The number of hydrogen-bond acceptors (Lipinski definition) is 7. The average Bonchev–Trinajstić information content (AvgIpc) is 3.29. The van der Waals surface area contributed by atoms with Crippen molar-refractivity contribution in [2.75, 3.05) is 12.3 Å². The summed E-state index contributed by atoms with van der Waals surface area (Å²) in [5.41, 5.74) is 7.24. The maximum Gasteiger partial charge on any atom is 0.338 e. The number of hydrogen-bond donors (Lipinski definition) is 1. The molecule has 3 rings (SSSR count). The second-order valence-electron chi connectivity index (χ2n) is 6.48. The summed E-state index contributed by atoms with van der Waals surface area (Å²) in [5.74, 6) is -1.16. The standard InChI is InChI=1S/C20H19N3O5S/c1-12-8-16(13(2)22(12)10-15-4-3-7-29-15)19(24)11-28-20(25)14-5-6-17(21)18(9-14)23(26)27/h3-9H,10-11,21H2,1-2H3. The fourth-order valence-electron chi connectivity index (χ4n) is 3.01. The number of ketones is 1. The topological polar surface area (TPSA) is 117 Å². The Labute approximate surface area is 170 Å². The molecular formula is C20H19N3O5S. The van der Waals surface area contributed by atoms with Gasteiger partial charge in [0, 0.05) is 27.9 Å². The van der Waals surface area contributed by atoms with E-state index in [9.17, 15) is 19.7 Å². The predicted octanol–water partition coefficient (Wildman–Crippen LogP) is 3.74. The molecule has 9 heteroatoms. The van der Waals surface area contributed by atoms with Gasteiger partial charge in [-0.25, -0.2) is 4.79 Å². The number of esters is 1. The van der Waals surface area contributed by atoms with Crippen LogP contribution in [-0.2, 0) is 11.3 Å². The summed E-state index contributed by atoms with van der Waals surface area (Å²) in [6, 6.07) is 9.39. The van der Waals surface area contributed by atoms with Crippen molar-refractivity contribution < 1.29 is 19.2 Å². The highest BCUT2D eigenvalue weighted by atomic mass is 32.1. The van der Waals surface area contributed by atoms with Crippen LogP contribution in [0.2, 0.25) is 0 Å². The van der Waals surface area contributed by atoms with Gasteiger partial charge < -0.3 is 15.0 Å². The Balaban J connectivity index is 1.70. The molecule has 0 spiro atoms. The number of nitrogens with two attached hydrogens (primary N) is 1. The highest BCUT2D eigenvalue weighted by Gasteiger charge is 2.20. The maximum atomic E-state index is 12.6. The van der Waals surface area contributed by atoms with Crippen molar-refractivity contribution in [1.82, 2.24) is 4.57 Å². The Morgan fingerprint density at radius 3 is 2.66 bits per heavy atom. The normalized spacial score (nSPS) is 10.7. The predicted molar refractivity (Wildman–Crippen MR) is 109 cm³/mol. The number of aryl methyl sites for hydroxylation is 1. The molecule has 1 aromatic carbocycles. The van der Waals surface area contributed by atoms with E-state index in [-0.39, 0.29) is 22.7 Å². The largest absolute Gasteiger partial charge is 0.454 e. The highest BCUT2D eigenvalue weighted by Crippen LogP contribution is 2.23. The summed E-state index contributed by atoms with van der Waals surface area (Å²) in [7, 11) is 0. The molecule has 29 heavy (non-hydrogen) atoms. The Morgan fingerprint density at radius 1 is 1.24 bits per heavy atom. The molecule has 0 radical (unpaired) electrons. The van der Waals surface area contributed by atoms with Gasteiger partial charge in [0.05, 0.1) is 17.0 Å². The number of rotatable bonds is 7. The first-order valence-electron chi connectivity index (χ1n) is 8.71. The molecule has 0 unspecified atom stereocenters. The lowest BCUT2D eigenvalue weighted by molar-refractivity contribution is -0.383. The first-order valence-corrected chi connectivity index (χ1v) is 9.59. The van der Waals surface area contributed by atoms with E-state index in [0.29, 0.717) is 12.1 Å². The van der Waals surface area contributed by atoms with Gasteiger partial charge in [-0.1, -0.05) is 6.07 Å². The number of carbonyl (C=O) groups is 2. The van der Waals surface area contributed by atoms with E-state index < -0.39 is 17.5 Å². The Bertz CT molecular complexity index is 1090. The monoisotopic (exact) mass is 413 g/mol. The molecule has 0 saturated heterocycles. The van der Waals surface area contributed by atoms with Crippen LogP contribution in [0.25, 0.3) is 0 Å². The summed E-state index contributed by atoms with van der Waals surface area (Å²) < 4.78 is 7.10. The second kappa shape index (κ2) is 8.27. The molecule has 0 aliphatic heterocycles. The molecule has 0 saturated carbocycles. The van der Waals surface area contributed by atoms with Crippen molar-refractivity contribution in [1.29, 1.82) is 0 Å². The molecule has 3 aromatic rings. The van der Waals surface area contributed by atoms with Gasteiger partial charge in [-0.2, -0.15) is 0 Å². The van der Waals surface area contributed by atoms with Crippen molar-refractivity contribution in [2.45, 2.75) is 20.4 Å². The van der Waals surface area contributed by atoms with Crippen LogP contribution in [-0.4, -0.2) is 27.8 Å². The smallest absolute Gasteiger partial charge is 0.338 e. The first kappa shape index (κ1) is 20.3. The van der Waals surface area contributed by atoms with E-state index in [1.807, 2.05) is 35.9 Å². The minimum Gasteiger partial charge on any atom is -0.454 e. The number of nitrogens with zero attached hydrogens (tertiary/aromatic N) is 2. The zero-order valence-corrected chi connectivity index (χ0v) is 16.7. The number of benzene rings is 1. The highest BCUT2D eigenvalue weighted by molar-refractivity contribution is 7.09. The summed E-state index contributed by atoms with van der Waals surface area (Å²) in [6.45, 7) is 3.97. The van der Waals surface area contributed by atoms with E-state index in [1.54, 1.807) is 17.4 Å². The zero-order chi connectivity index (χ0) is 21.1. The van der Waals surface area contributed by atoms with Gasteiger partial charge in [-0.15, -0.1) is 11.3 Å². The van der Waals surface area contributed by atoms with Crippen molar-refractivity contribution >= 4 is 34.5 Å². The van der Waals surface area contributed by atoms with E-state index in [4.69, 9.17) is 10.5 Å². The fraction of sp³-hybridized carbons (Fsp3) is 0.200. The molecule has 2 aromatic heterocycles. The Hall–Kier alpha value is -3.46. The Kier molecular flexibility index (Phi) is 5.79. The molecule has 150 valence electrons. The molecule has 0 amide bonds. The zero-order valence-electron chi connectivity index (χ0n) is 15.9. The van der Waals surface area contributed by atoms with Crippen molar-refractivity contribution in [3.63, 3.8) is 0 Å². The molecule has 2 N–H and O–H groups in total. The number of anilines is 1. The number of nitro groups is 1. The van der Waals surface area contributed by atoms with E-state index in [2.05, 4.69) is 0 Å². The van der Waals surface area contributed by atoms with E-state index >= 15 is 0 Å². The number of ether oxygens (including phenoxy) is 1. The van der Waals surface area contributed by atoms with E-state index in [0.717, 1.165) is 17.5 Å². The number of aromatic nitrogens is 1. The summed E-state index contributed by atoms with van der Waals surface area (Å²) in [4.78, 5) is 36.2. The molecular weight excluding hydrogens is 394 g/mol. The lowest BCUT2D eigenvalue weighted by atomic mass is 10.1. The minimum absolute atomic E-state index is 0.0399. The SMILES string of the molecule is Cc1cc(C(=O)COC(=O)c2ccc(N)c([N+](=O)[O-])c2)c(C)n1Cc1cccs1. The minimum atomic E-state index is -0.825. The van der Waals surface area contributed by atoms with Gasteiger partial charge in [0.2, 0.25) is 5.78 Å². The Morgan fingerprint density at radius 2 is 2.00 bits per heavy atom. The molecule has 0 aliphatic carbocycles. The van der Waals surface area contributed by atoms with Gasteiger partial charge in [0.15, 0.2) is 6.61 Å². The summed E-state index contributed by atoms with van der Waals surface area (Å²) >= 11 is 1.64. The number of nitrogen functional groups attached to an aromatic ring is 1. The number of thiophene rings is 1. The molecule has 0 atom stereocenters. The number of carbonyl (C=O) groups excluding carboxylic acids is 2. The quantitative estimate of drug-likeness (QED) is 0.207. The lowest BCUT2D eigenvalue weighted by Crippen LogP contribution is -2.15. The van der Waals surface area contributed by atoms with Gasteiger partial charge in [-0.3, -0.25) is 14.9 Å². The number of nitro benzene ring substituents is 1. The van der Waals surface area contributed by atoms with Crippen LogP contribution in [0.5, 0.6) is 0 Å². The third-order valence-corrected chi connectivity index (χ3v) is 5.43. The average molecular weight is 413 g/mol. The first-order chi connectivity index (χ1) is 13.8. The van der Waals surface area contributed by atoms with Crippen LogP contribution in [0.1, 0.15) is 37.0 Å². The van der Waals surface area contributed by atoms with E-state index in [1.165, 1.54) is 17.0 Å². The fourth-order valence-corrected chi connectivity index (χ4v) is 3.70. The van der Waals surface area contributed by atoms with Crippen LogP contribution in [0.3, 0.4) is 0 Å². The van der Waals surface area contributed by atoms with Crippen LogP contribution < -0.4 is 5.73 Å². The van der Waals surface area contributed by atoms with Crippen molar-refractivity contribution in [3.05, 3.63) is 79.3 Å². The molecule has 0 bridgehead atoms. The van der Waals surface area contributed by atoms with Gasteiger partial charge >= 0.3 is 5.97 Å². The summed E-state index contributed by atoms with van der Waals surface area (Å²) in [6.07, 6.45) is 0. The van der Waals surface area contributed by atoms with Gasteiger partial charge in [0.25, 0.3) is 5.69 Å². The van der Waals surface area contributed by atoms with Crippen LogP contribution in [0.4, 0.5) is 11.4 Å². The number of Topliss-reactive ketones (excluding diaryl/α,β-unsaturated/α-hetero) is 1. The molecule has 8 nitrogen and oxygen atoms in total. The van der Waals surface area contributed by atoms with Crippen LogP contribution >= 0.6 is 11.3 Å². The second-order valence-corrected chi connectivity index (χ2v) is 7.51. The maximum absolute atomic E-state index is 12.6.